The maximum absolute atomic E-state index is 12.5. The van der Waals surface area contributed by atoms with E-state index in [4.69, 9.17) is 5.11 Å². The Morgan fingerprint density at radius 3 is 2.64 bits per heavy atom. The highest BCUT2D eigenvalue weighted by Crippen LogP contribution is 2.20. The summed E-state index contributed by atoms with van der Waals surface area (Å²) in [5.74, 6) is -1.29. The molecule has 7 heteroatoms. The minimum atomic E-state index is -4.44. The fourth-order valence-corrected chi connectivity index (χ4v) is 2.25. The van der Waals surface area contributed by atoms with Gasteiger partial charge in [-0.2, -0.15) is 13.2 Å². The summed E-state index contributed by atoms with van der Waals surface area (Å²) < 4.78 is 37.5. The standard InChI is InChI=1S/C15H15F3N2O2/c1-10-2-4-12-6-11(3-5-13(12)19-10)7-20(8-14(21)22)9-15(16,17)18/h2-6H,7-9H2,1H3,(H,21,22). The molecule has 0 spiro atoms. The van der Waals surface area contributed by atoms with E-state index in [1.165, 1.54) is 0 Å². The van der Waals surface area contributed by atoms with Crippen molar-refractivity contribution >= 4 is 16.9 Å². The summed E-state index contributed by atoms with van der Waals surface area (Å²) in [6, 6.07) is 8.78. The summed E-state index contributed by atoms with van der Waals surface area (Å²) >= 11 is 0. The van der Waals surface area contributed by atoms with Crippen LogP contribution in [0.2, 0.25) is 0 Å². The van der Waals surface area contributed by atoms with Gasteiger partial charge in [0.2, 0.25) is 0 Å². The first-order chi connectivity index (χ1) is 10.2. The average Bonchev–Trinajstić information content (AvgIpc) is 2.36. The van der Waals surface area contributed by atoms with Crippen LogP contribution in [0.15, 0.2) is 30.3 Å². The second-order valence-electron chi connectivity index (χ2n) is 5.13. The maximum atomic E-state index is 12.5. The second kappa shape index (κ2) is 6.31. The minimum absolute atomic E-state index is 0.0877. The number of fused-ring (bicyclic) bond motifs is 1. The van der Waals surface area contributed by atoms with Crippen LogP contribution in [0, 0.1) is 6.92 Å². The van der Waals surface area contributed by atoms with Gasteiger partial charge in [0.1, 0.15) is 0 Å². The third-order valence-electron chi connectivity index (χ3n) is 3.06. The molecule has 0 radical (unpaired) electrons. The Morgan fingerprint density at radius 2 is 2.00 bits per heavy atom. The molecule has 1 aromatic carbocycles. The molecule has 4 nitrogen and oxygen atoms in total. The number of carboxylic acid groups (broad SMARTS) is 1. The van der Waals surface area contributed by atoms with Crippen LogP contribution in [0.5, 0.6) is 0 Å². The first-order valence-corrected chi connectivity index (χ1v) is 6.60. The molecule has 0 unspecified atom stereocenters. The van der Waals surface area contributed by atoms with E-state index in [0.29, 0.717) is 5.56 Å². The highest BCUT2D eigenvalue weighted by molar-refractivity contribution is 5.79. The van der Waals surface area contributed by atoms with Gasteiger partial charge in [-0.15, -0.1) is 0 Å². The van der Waals surface area contributed by atoms with Crippen LogP contribution in [0.1, 0.15) is 11.3 Å². The number of pyridine rings is 1. The number of carbonyl (C=O) groups is 1. The van der Waals surface area contributed by atoms with Crippen molar-refractivity contribution in [1.29, 1.82) is 0 Å². The number of carboxylic acids is 1. The normalized spacial score (nSPS) is 12.0. The van der Waals surface area contributed by atoms with Crippen LogP contribution < -0.4 is 0 Å². The number of aryl methyl sites for hydroxylation is 1. The zero-order valence-corrected chi connectivity index (χ0v) is 11.9. The molecule has 0 aliphatic heterocycles. The fraction of sp³-hybridized carbons (Fsp3) is 0.333. The molecule has 2 aromatic rings. The zero-order valence-electron chi connectivity index (χ0n) is 11.9. The molecule has 22 heavy (non-hydrogen) atoms. The van der Waals surface area contributed by atoms with Crippen molar-refractivity contribution in [2.24, 2.45) is 0 Å². The van der Waals surface area contributed by atoms with E-state index in [0.717, 1.165) is 21.5 Å². The zero-order chi connectivity index (χ0) is 16.3. The first-order valence-electron chi connectivity index (χ1n) is 6.60. The van der Waals surface area contributed by atoms with E-state index in [1.807, 2.05) is 19.1 Å². The number of alkyl halides is 3. The van der Waals surface area contributed by atoms with E-state index in [2.05, 4.69) is 4.98 Å². The summed E-state index contributed by atoms with van der Waals surface area (Å²) in [4.78, 5) is 15.9. The van der Waals surface area contributed by atoms with Crippen LogP contribution in [0.3, 0.4) is 0 Å². The van der Waals surface area contributed by atoms with Gasteiger partial charge in [-0.05, 0) is 30.7 Å². The SMILES string of the molecule is Cc1ccc2cc(CN(CC(=O)O)CC(F)(F)F)ccc2n1. The summed E-state index contributed by atoms with van der Waals surface area (Å²) in [6.07, 6.45) is -4.44. The van der Waals surface area contributed by atoms with Gasteiger partial charge in [0.25, 0.3) is 0 Å². The Kier molecular flexibility index (Phi) is 4.65. The summed E-state index contributed by atoms with van der Waals surface area (Å²) in [6.45, 7) is -0.159. The lowest BCUT2D eigenvalue weighted by molar-refractivity contribution is -0.154. The molecule has 0 aliphatic rings. The molecule has 1 N–H and O–H groups in total. The summed E-state index contributed by atoms with van der Waals surface area (Å²) in [7, 11) is 0. The molecule has 0 saturated heterocycles. The molecular formula is C15H15F3N2O2. The van der Waals surface area contributed by atoms with Gasteiger partial charge in [-0.3, -0.25) is 14.7 Å². The third kappa shape index (κ3) is 4.70. The molecule has 1 heterocycles. The number of aromatic nitrogens is 1. The maximum Gasteiger partial charge on any atom is 0.401 e. The predicted octanol–water partition coefficient (Wildman–Crippen LogP) is 2.99. The number of rotatable bonds is 5. The quantitative estimate of drug-likeness (QED) is 0.922. The Balaban J connectivity index is 2.21. The Bertz CT molecular complexity index is 686. The van der Waals surface area contributed by atoms with Crippen molar-refractivity contribution in [1.82, 2.24) is 9.88 Å². The van der Waals surface area contributed by atoms with Gasteiger partial charge in [0, 0.05) is 17.6 Å². The molecule has 2 rings (SSSR count). The average molecular weight is 312 g/mol. The fourth-order valence-electron chi connectivity index (χ4n) is 2.25. The molecule has 118 valence electrons. The molecule has 0 atom stereocenters. The number of nitrogens with zero attached hydrogens (tertiary/aromatic N) is 2. The largest absolute Gasteiger partial charge is 0.480 e. The molecule has 1 aromatic heterocycles. The lowest BCUT2D eigenvalue weighted by Gasteiger charge is -2.21. The molecule has 0 fully saturated rings. The van der Waals surface area contributed by atoms with Crippen molar-refractivity contribution in [2.45, 2.75) is 19.6 Å². The Labute approximate surface area is 125 Å². The van der Waals surface area contributed by atoms with Crippen LogP contribution in [-0.2, 0) is 11.3 Å². The van der Waals surface area contributed by atoms with Crippen LogP contribution >= 0.6 is 0 Å². The number of halogens is 3. The van der Waals surface area contributed by atoms with Gasteiger partial charge in [-0.1, -0.05) is 12.1 Å². The third-order valence-corrected chi connectivity index (χ3v) is 3.06. The Morgan fingerprint density at radius 1 is 1.27 bits per heavy atom. The topological polar surface area (TPSA) is 53.4 Å². The van der Waals surface area contributed by atoms with Gasteiger partial charge in [-0.25, -0.2) is 0 Å². The van der Waals surface area contributed by atoms with Crippen LogP contribution in [0.4, 0.5) is 13.2 Å². The van der Waals surface area contributed by atoms with Crippen molar-refractivity contribution in [3.63, 3.8) is 0 Å². The number of hydrogen-bond donors (Lipinski definition) is 1. The first kappa shape index (κ1) is 16.2. The lowest BCUT2D eigenvalue weighted by Crippen LogP contribution is -2.37. The summed E-state index contributed by atoms with van der Waals surface area (Å²) in [5, 5.41) is 9.55. The second-order valence-corrected chi connectivity index (χ2v) is 5.13. The van der Waals surface area contributed by atoms with E-state index < -0.39 is 25.2 Å². The highest BCUT2D eigenvalue weighted by Gasteiger charge is 2.31. The lowest BCUT2D eigenvalue weighted by atomic mass is 10.1. The number of benzene rings is 1. The predicted molar refractivity (Wildman–Crippen MR) is 75.4 cm³/mol. The summed E-state index contributed by atoms with van der Waals surface area (Å²) in [5.41, 5.74) is 2.22. The molecule has 0 saturated carbocycles. The molecule has 0 aliphatic carbocycles. The van der Waals surface area contributed by atoms with Crippen molar-refractivity contribution in [2.75, 3.05) is 13.1 Å². The number of aliphatic carboxylic acids is 1. The van der Waals surface area contributed by atoms with Gasteiger partial charge in [0.05, 0.1) is 18.6 Å². The minimum Gasteiger partial charge on any atom is -0.480 e. The van der Waals surface area contributed by atoms with E-state index in [1.54, 1.807) is 18.2 Å². The van der Waals surface area contributed by atoms with Crippen LogP contribution in [-0.4, -0.2) is 40.2 Å². The number of hydrogen-bond acceptors (Lipinski definition) is 3. The Hall–Kier alpha value is -2.15. The van der Waals surface area contributed by atoms with Crippen molar-refractivity contribution in [3.8, 4) is 0 Å². The van der Waals surface area contributed by atoms with Gasteiger partial charge >= 0.3 is 12.1 Å². The molecule has 0 amide bonds. The van der Waals surface area contributed by atoms with Gasteiger partial charge < -0.3 is 5.11 Å². The van der Waals surface area contributed by atoms with Gasteiger partial charge in [0.15, 0.2) is 0 Å². The van der Waals surface area contributed by atoms with Crippen LogP contribution in [0.25, 0.3) is 10.9 Å². The van der Waals surface area contributed by atoms with Crippen molar-refractivity contribution < 1.29 is 23.1 Å². The molecule has 0 bridgehead atoms. The van der Waals surface area contributed by atoms with E-state index in [9.17, 15) is 18.0 Å². The van der Waals surface area contributed by atoms with E-state index >= 15 is 0 Å². The smallest absolute Gasteiger partial charge is 0.401 e. The van der Waals surface area contributed by atoms with E-state index in [-0.39, 0.29) is 6.54 Å². The molecular weight excluding hydrogens is 297 g/mol. The monoisotopic (exact) mass is 312 g/mol. The highest BCUT2D eigenvalue weighted by atomic mass is 19.4. The van der Waals surface area contributed by atoms with Crippen molar-refractivity contribution in [3.05, 3.63) is 41.6 Å².